The molecule has 0 spiro atoms. The van der Waals surface area contributed by atoms with Crippen molar-refractivity contribution >= 4 is 24.3 Å². The van der Waals surface area contributed by atoms with Crippen molar-refractivity contribution in [2.24, 2.45) is 0 Å². The third-order valence-corrected chi connectivity index (χ3v) is 1.83. The fourth-order valence-corrected chi connectivity index (χ4v) is 1.02. The van der Waals surface area contributed by atoms with E-state index < -0.39 is 14.2 Å². The molecule has 4 heteroatoms. The van der Waals surface area contributed by atoms with E-state index in [1.165, 1.54) is 18.4 Å². The van der Waals surface area contributed by atoms with Gasteiger partial charge in [-0.3, -0.25) is 0 Å². The predicted octanol–water partition coefficient (Wildman–Crippen LogP) is 2.27. The molecule has 0 atom stereocenters. The van der Waals surface area contributed by atoms with Crippen molar-refractivity contribution in [3.05, 3.63) is 30.1 Å². The number of rotatable bonds is 3. The van der Waals surface area contributed by atoms with Crippen LogP contribution in [0.5, 0.6) is 0 Å². The Morgan fingerprint density at radius 1 is 1.43 bits per heavy atom. The molecule has 0 aliphatic rings. The Kier molecular flexibility index (Phi) is 9.18. The average molecular weight is 229 g/mol. The third kappa shape index (κ3) is 7.20. The van der Waals surface area contributed by atoms with Crippen molar-refractivity contribution in [2.75, 3.05) is 0 Å². The molecule has 0 saturated carbocycles. The molecular weight excluding hydrogens is 213 g/mol. The molecule has 0 unspecified atom stereocenters. The van der Waals surface area contributed by atoms with E-state index in [0.29, 0.717) is 0 Å². The summed E-state index contributed by atoms with van der Waals surface area (Å²) in [4.78, 5) is 0. The van der Waals surface area contributed by atoms with Gasteiger partial charge in [0.05, 0.1) is 0 Å². The fourth-order valence-electron chi connectivity index (χ4n) is 1.02. The second kappa shape index (κ2) is 9.33. The van der Waals surface area contributed by atoms with E-state index in [0.717, 1.165) is 6.54 Å². The summed E-state index contributed by atoms with van der Waals surface area (Å²) in [5, 5.41) is 0. The molecule has 1 aromatic rings. The number of aromatic nitrogens is 1. The molecule has 0 amide bonds. The van der Waals surface area contributed by atoms with Gasteiger partial charge in [0.25, 0.3) is 0 Å². The van der Waals surface area contributed by atoms with Gasteiger partial charge in [-0.1, -0.05) is 13.3 Å². The number of nitrogens with zero attached hydrogens (tertiary/aromatic N) is 1. The number of unbranched alkanes of at least 4 members (excludes halogenated alkanes) is 1. The van der Waals surface area contributed by atoms with Crippen LogP contribution < -0.4 is 4.57 Å². The summed E-state index contributed by atoms with van der Waals surface area (Å²) >= 11 is -1.03. The maximum atomic E-state index is 8.78. The molecule has 0 radical (unpaired) electrons. The Balaban J connectivity index is 0.000000500. The molecule has 1 aromatic heterocycles. The molecule has 1 rings (SSSR count). The third-order valence-electron chi connectivity index (χ3n) is 1.83. The van der Waals surface area contributed by atoms with Gasteiger partial charge in [0, 0.05) is 18.6 Å². The van der Waals surface area contributed by atoms with Crippen LogP contribution >= 0.6 is 10.0 Å². The van der Waals surface area contributed by atoms with Crippen LogP contribution in [0, 0.1) is 6.92 Å². The van der Waals surface area contributed by atoms with Crippen molar-refractivity contribution in [1.29, 1.82) is 0 Å². The number of halogens is 1. The summed E-state index contributed by atoms with van der Waals surface area (Å²) in [5.74, 6) is 0. The van der Waals surface area contributed by atoms with E-state index >= 15 is 0 Å². The van der Waals surface area contributed by atoms with Gasteiger partial charge in [0.1, 0.15) is 6.54 Å². The van der Waals surface area contributed by atoms with Crippen molar-refractivity contribution in [1.82, 2.24) is 0 Å². The Morgan fingerprint density at radius 2 is 1.93 bits per heavy atom. The quantitative estimate of drug-likeness (QED) is 0.574. The summed E-state index contributed by atoms with van der Waals surface area (Å²) in [6, 6.07) is 4.30. The van der Waals surface area contributed by atoms with Gasteiger partial charge in [-0.25, -0.2) is 4.57 Å². The summed E-state index contributed by atoms with van der Waals surface area (Å²) in [6.45, 7) is 5.48. The first-order valence-electron chi connectivity index (χ1n) is 4.74. The normalized spacial score (nSPS) is 8.50. The minimum atomic E-state index is -1.03. The van der Waals surface area contributed by atoms with E-state index in [2.05, 4.69) is 53.0 Å². The van der Waals surface area contributed by atoms with Gasteiger partial charge in [-0.15, -0.1) is 0 Å². The van der Waals surface area contributed by atoms with E-state index in [-0.39, 0.29) is 0 Å². The van der Waals surface area contributed by atoms with Crippen LogP contribution in [0.4, 0.5) is 0 Å². The van der Waals surface area contributed by atoms with Crippen LogP contribution in [0.15, 0.2) is 24.5 Å². The second-order valence-corrected chi connectivity index (χ2v) is 3.77. The van der Waals surface area contributed by atoms with Crippen molar-refractivity contribution in [2.45, 2.75) is 33.2 Å². The molecule has 0 fully saturated rings. The Hall–Kier alpha value is -0.228. The molecule has 0 bridgehead atoms. The molecule has 76 valence electrons. The first kappa shape index (κ1) is 13.8. The molecule has 1 heterocycles. The molecular formula is C10H16AlClNO+. The zero-order chi connectivity index (χ0) is 10.8. The van der Waals surface area contributed by atoms with Gasteiger partial charge < -0.3 is 0 Å². The molecule has 0 saturated heterocycles. The first-order valence-corrected chi connectivity index (χ1v) is 6.95. The van der Waals surface area contributed by atoms with Crippen molar-refractivity contribution < 1.29 is 8.37 Å². The van der Waals surface area contributed by atoms with Gasteiger partial charge >= 0.3 is 28.1 Å². The summed E-state index contributed by atoms with van der Waals surface area (Å²) in [6.07, 6.45) is 6.82. The molecule has 0 aromatic carbocycles. The van der Waals surface area contributed by atoms with E-state index in [9.17, 15) is 0 Å². The number of hydrogen-bond acceptors (Lipinski definition) is 1. The Morgan fingerprint density at radius 3 is 2.36 bits per heavy atom. The SMILES string of the molecule is CCCC[n+]1ccc(C)cc1.[O]=[Al][Cl]. The monoisotopic (exact) mass is 228 g/mol. The van der Waals surface area contributed by atoms with Crippen LogP contribution in [-0.2, 0) is 10.3 Å². The van der Waals surface area contributed by atoms with Gasteiger partial charge in [-0.2, -0.15) is 0 Å². The molecule has 0 N–H and O–H groups in total. The van der Waals surface area contributed by atoms with Gasteiger partial charge in [0.2, 0.25) is 0 Å². The number of pyridine rings is 1. The zero-order valence-corrected chi connectivity index (χ0v) is 10.7. The fraction of sp³-hybridized carbons (Fsp3) is 0.500. The van der Waals surface area contributed by atoms with Crippen LogP contribution in [0.25, 0.3) is 0 Å². The summed E-state index contributed by atoms with van der Waals surface area (Å²) in [5.41, 5.74) is 1.33. The van der Waals surface area contributed by atoms with E-state index in [1.807, 2.05) is 0 Å². The molecule has 0 aliphatic carbocycles. The Labute approximate surface area is 96.0 Å². The van der Waals surface area contributed by atoms with E-state index in [4.69, 9.17) is 3.80 Å². The number of hydrogen-bond donors (Lipinski definition) is 0. The van der Waals surface area contributed by atoms with Crippen molar-refractivity contribution in [3.63, 3.8) is 0 Å². The van der Waals surface area contributed by atoms with Crippen molar-refractivity contribution in [3.8, 4) is 0 Å². The predicted molar refractivity (Wildman–Crippen MR) is 58.6 cm³/mol. The van der Waals surface area contributed by atoms with Gasteiger partial charge in [-0.05, 0) is 12.5 Å². The standard InChI is InChI=1S/C10H16N.Al.ClH.O/c1-3-4-7-11-8-5-10(2)6-9-11;;;/h5-6,8-9H,3-4,7H2,1-2H3;;1H;/q2*+1;;/p-1. The van der Waals surface area contributed by atoms with Crippen LogP contribution in [0.3, 0.4) is 0 Å². The topological polar surface area (TPSA) is 20.9 Å². The van der Waals surface area contributed by atoms with Crippen LogP contribution in [0.2, 0.25) is 0 Å². The summed E-state index contributed by atoms with van der Waals surface area (Å²) < 4.78 is 11.0. The first-order chi connectivity index (χ1) is 6.74. The van der Waals surface area contributed by atoms with Crippen LogP contribution in [-0.4, -0.2) is 14.2 Å². The maximum absolute atomic E-state index is 8.78. The minimum absolute atomic E-state index is 1.03. The molecule has 0 aliphatic heterocycles. The molecule has 2 nitrogen and oxygen atoms in total. The Bertz CT molecular complexity index is 251. The van der Waals surface area contributed by atoms with Crippen LogP contribution in [0.1, 0.15) is 25.3 Å². The van der Waals surface area contributed by atoms with E-state index in [1.54, 1.807) is 0 Å². The zero-order valence-electron chi connectivity index (χ0n) is 8.74. The van der Waals surface area contributed by atoms with Gasteiger partial charge in [0.15, 0.2) is 12.4 Å². The average Bonchev–Trinajstić information content (AvgIpc) is 2.18. The summed E-state index contributed by atoms with van der Waals surface area (Å²) in [7, 11) is 4.53. The second-order valence-electron chi connectivity index (χ2n) is 3.06. The molecule has 14 heavy (non-hydrogen) atoms. The number of aryl methyl sites for hydroxylation is 2.